The zero-order valence-electron chi connectivity index (χ0n) is 15.9. The van der Waals surface area contributed by atoms with Crippen LogP contribution in [0.5, 0.6) is 0 Å². The second-order valence-corrected chi connectivity index (χ2v) is 6.79. The third-order valence-electron chi connectivity index (χ3n) is 4.85. The monoisotopic (exact) mass is 376 g/mol. The lowest BCUT2D eigenvalue weighted by Gasteiger charge is -2.12. The molecule has 1 aromatic carbocycles. The van der Waals surface area contributed by atoms with E-state index in [1.165, 1.54) is 0 Å². The third-order valence-corrected chi connectivity index (χ3v) is 4.85. The fourth-order valence-corrected chi connectivity index (χ4v) is 3.41. The lowest BCUT2D eigenvalue weighted by atomic mass is 10.1. The van der Waals surface area contributed by atoms with Crippen molar-refractivity contribution in [3.8, 4) is 0 Å². The van der Waals surface area contributed by atoms with Crippen molar-refractivity contribution in [3.63, 3.8) is 0 Å². The van der Waals surface area contributed by atoms with Crippen LogP contribution in [0.3, 0.4) is 0 Å². The molecule has 1 unspecified atom stereocenters. The van der Waals surface area contributed by atoms with Gasteiger partial charge < -0.3 is 20.4 Å². The van der Waals surface area contributed by atoms with Gasteiger partial charge in [0, 0.05) is 55.1 Å². The molecule has 0 saturated carbocycles. The zero-order valence-corrected chi connectivity index (χ0v) is 15.9. The maximum Gasteiger partial charge on any atom is 0.229 e. The fraction of sp³-hybridized carbons (Fsp3) is 0.286. The van der Waals surface area contributed by atoms with Gasteiger partial charge in [-0.3, -0.25) is 4.99 Å². The standard InChI is InChI=1S/C21H24N6O/c1-23-12-17(11-22)15-4-6-18(7-5-15)25-21-24-13-16-8-9-27(20(16)26-21)14-19-3-2-10-28-19/h4-9,11-13,19H,2-3,10,14,22H2,1H3,(H,24,25,26)/b17-11+,23-12?. The smallest absolute Gasteiger partial charge is 0.229 e. The summed E-state index contributed by atoms with van der Waals surface area (Å²) in [4.78, 5) is 13.2. The first kappa shape index (κ1) is 18.2. The average Bonchev–Trinajstić information content (AvgIpc) is 3.37. The van der Waals surface area contributed by atoms with Crippen LogP contribution < -0.4 is 11.1 Å². The highest BCUT2D eigenvalue weighted by Gasteiger charge is 2.17. The van der Waals surface area contributed by atoms with Gasteiger partial charge in [-0.25, -0.2) is 4.98 Å². The van der Waals surface area contributed by atoms with Crippen molar-refractivity contribution in [3.05, 3.63) is 54.5 Å². The van der Waals surface area contributed by atoms with E-state index < -0.39 is 0 Å². The Morgan fingerprint density at radius 1 is 1.36 bits per heavy atom. The van der Waals surface area contributed by atoms with Crippen LogP contribution >= 0.6 is 0 Å². The van der Waals surface area contributed by atoms with Gasteiger partial charge in [-0.1, -0.05) is 12.1 Å². The van der Waals surface area contributed by atoms with Gasteiger partial charge in [-0.15, -0.1) is 0 Å². The van der Waals surface area contributed by atoms with Crippen molar-refractivity contribution in [1.29, 1.82) is 0 Å². The normalized spacial score (nSPS) is 17.6. The topological polar surface area (TPSA) is 90.3 Å². The van der Waals surface area contributed by atoms with E-state index in [1.807, 2.05) is 36.5 Å². The molecular formula is C21H24N6O. The van der Waals surface area contributed by atoms with Crippen LogP contribution in [0.25, 0.3) is 16.6 Å². The van der Waals surface area contributed by atoms with Gasteiger partial charge in [0.1, 0.15) is 5.65 Å². The van der Waals surface area contributed by atoms with Gasteiger partial charge in [0.25, 0.3) is 0 Å². The molecule has 0 spiro atoms. The highest BCUT2D eigenvalue weighted by Crippen LogP contribution is 2.22. The summed E-state index contributed by atoms with van der Waals surface area (Å²) < 4.78 is 7.90. The van der Waals surface area contributed by atoms with E-state index in [9.17, 15) is 0 Å². The predicted molar refractivity (Wildman–Crippen MR) is 113 cm³/mol. The van der Waals surface area contributed by atoms with E-state index in [2.05, 4.69) is 26.1 Å². The molecule has 0 amide bonds. The third kappa shape index (κ3) is 3.89. The number of aliphatic imine (C=N–C) groups is 1. The molecule has 3 N–H and O–H groups in total. The molecule has 7 nitrogen and oxygen atoms in total. The number of nitrogens with two attached hydrogens (primary N) is 1. The first-order chi connectivity index (χ1) is 13.8. The Balaban J connectivity index is 1.52. The van der Waals surface area contributed by atoms with E-state index in [-0.39, 0.29) is 6.10 Å². The molecule has 0 bridgehead atoms. The number of allylic oxidation sites excluding steroid dienone is 1. The molecular weight excluding hydrogens is 352 g/mol. The van der Waals surface area contributed by atoms with Crippen molar-refractivity contribution >= 4 is 34.5 Å². The highest BCUT2D eigenvalue weighted by atomic mass is 16.5. The Hall–Kier alpha value is -3.19. The number of nitrogens with zero attached hydrogens (tertiary/aromatic N) is 4. The molecule has 4 rings (SSSR count). The Bertz CT molecular complexity index is 999. The van der Waals surface area contributed by atoms with Crippen LogP contribution in [0, 0.1) is 0 Å². The summed E-state index contributed by atoms with van der Waals surface area (Å²) in [6.45, 7) is 1.68. The van der Waals surface area contributed by atoms with E-state index in [1.54, 1.807) is 19.5 Å². The van der Waals surface area contributed by atoms with E-state index >= 15 is 0 Å². The van der Waals surface area contributed by atoms with Gasteiger partial charge in [0.2, 0.25) is 5.95 Å². The Kier molecular flexibility index (Phi) is 5.34. The summed E-state index contributed by atoms with van der Waals surface area (Å²) in [5.74, 6) is 0.567. The molecule has 7 heteroatoms. The molecule has 2 aromatic heterocycles. The molecule has 0 radical (unpaired) electrons. The number of anilines is 2. The number of rotatable bonds is 6. The molecule has 3 aromatic rings. The minimum Gasteiger partial charge on any atom is -0.404 e. The Morgan fingerprint density at radius 3 is 2.93 bits per heavy atom. The summed E-state index contributed by atoms with van der Waals surface area (Å²) in [5.41, 5.74) is 9.36. The Morgan fingerprint density at radius 2 is 2.21 bits per heavy atom. The lowest BCUT2D eigenvalue weighted by molar-refractivity contribution is 0.0979. The highest BCUT2D eigenvalue weighted by molar-refractivity contribution is 6.09. The largest absolute Gasteiger partial charge is 0.404 e. The molecule has 1 fully saturated rings. The van der Waals surface area contributed by atoms with Gasteiger partial charge in [0.05, 0.1) is 12.6 Å². The number of nitrogens with one attached hydrogen (secondary N) is 1. The van der Waals surface area contributed by atoms with Crippen molar-refractivity contribution < 1.29 is 4.74 Å². The molecule has 144 valence electrons. The summed E-state index contributed by atoms with van der Waals surface area (Å²) in [6, 6.07) is 9.96. The molecule has 1 saturated heterocycles. The van der Waals surface area contributed by atoms with Crippen LogP contribution in [-0.4, -0.2) is 40.5 Å². The molecule has 3 heterocycles. The summed E-state index contributed by atoms with van der Waals surface area (Å²) in [6.07, 6.45) is 9.69. The van der Waals surface area contributed by atoms with Crippen LogP contribution in [0.4, 0.5) is 11.6 Å². The second-order valence-electron chi connectivity index (χ2n) is 6.79. The maximum absolute atomic E-state index is 5.76. The average molecular weight is 376 g/mol. The van der Waals surface area contributed by atoms with E-state index in [0.717, 1.165) is 53.9 Å². The van der Waals surface area contributed by atoms with Crippen molar-refractivity contribution in [2.45, 2.75) is 25.5 Å². The quantitative estimate of drug-likeness (QED) is 0.644. The number of benzene rings is 1. The predicted octanol–water partition coefficient (Wildman–Crippen LogP) is 3.35. The number of fused-ring (bicyclic) bond motifs is 1. The molecule has 1 aliphatic heterocycles. The first-order valence-electron chi connectivity index (χ1n) is 9.42. The SMILES string of the molecule is CN=C/C(=C\N)c1ccc(Nc2ncc3ccn(CC4CCCO4)c3n2)cc1. The number of aromatic nitrogens is 3. The number of hydrogen-bond acceptors (Lipinski definition) is 6. The van der Waals surface area contributed by atoms with Crippen LogP contribution in [0.2, 0.25) is 0 Å². The van der Waals surface area contributed by atoms with E-state index in [4.69, 9.17) is 15.5 Å². The molecule has 0 aliphatic carbocycles. The minimum atomic E-state index is 0.269. The van der Waals surface area contributed by atoms with Crippen molar-refractivity contribution in [1.82, 2.24) is 14.5 Å². The molecule has 1 aliphatic rings. The maximum atomic E-state index is 5.76. The summed E-state index contributed by atoms with van der Waals surface area (Å²) >= 11 is 0. The van der Waals surface area contributed by atoms with Gasteiger partial charge >= 0.3 is 0 Å². The van der Waals surface area contributed by atoms with E-state index in [0.29, 0.717) is 5.95 Å². The number of ether oxygens (including phenoxy) is 1. The van der Waals surface area contributed by atoms with Gasteiger partial charge in [-0.05, 0) is 36.6 Å². The first-order valence-corrected chi connectivity index (χ1v) is 9.42. The van der Waals surface area contributed by atoms with Crippen LogP contribution in [0.1, 0.15) is 18.4 Å². The van der Waals surface area contributed by atoms with Gasteiger partial charge in [0.15, 0.2) is 0 Å². The van der Waals surface area contributed by atoms with Gasteiger partial charge in [-0.2, -0.15) is 4.98 Å². The number of hydrogen-bond donors (Lipinski definition) is 2. The second kappa shape index (κ2) is 8.22. The van der Waals surface area contributed by atoms with Crippen molar-refractivity contribution in [2.75, 3.05) is 19.0 Å². The van der Waals surface area contributed by atoms with Crippen LogP contribution in [0.15, 0.2) is 53.9 Å². The minimum absolute atomic E-state index is 0.269. The zero-order chi connectivity index (χ0) is 19.3. The molecule has 28 heavy (non-hydrogen) atoms. The van der Waals surface area contributed by atoms with Crippen LogP contribution in [-0.2, 0) is 11.3 Å². The van der Waals surface area contributed by atoms with Crippen molar-refractivity contribution in [2.24, 2.45) is 10.7 Å². The Labute approximate surface area is 164 Å². The summed E-state index contributed by atoms with van der Waals surface area (Å²) in [7, 11) is 1.72. The molecule has 1 atom stereocenters. The fourth-order valence-electron chi connectivity index (χ4n) is 3.41. The summed E-state index contributed by atoms with van der Waals surface area (Å²) in [5, 5.41) is 4.30. The lowest BCUT2D eigenvalue weighted by Crippen LogP contribution is -2.14.